The smallest absolute Gasteiger partial charge is 0.194 e. The average Bonchev–Trinajstić information content (AvgIpc) is 3.11. The largest absolute Gasteiger partial charge is 0.349 e. The van der Waals surface area contributed by atoms with Crippen LogP contribution in [0.3, 0.4) is 0 Å². The number of hydrogen-bond donors (Lipinski definition) is 1. The van der Waals surface area contributed by atoms with Gasteiger partial charge in [0.1, 0.15) is 5.82 Å². The van der Waals surface area contributed by atoms with E-state index in [1.54, 1.807) is 0 Å². The van der Waals surface area contributed by atoms with E-state index in [4.69, 9.17) is 4.99 Å². The van der Waals surface area contributed by atoms with Gasteiger partial charge in [-0.2, -0.15) is 0 Å². The molecule has 0 atom stereocenters. The maximum Gasteiger partial charge on any atom is 0.194 e. The number of hydrogen-bond acceptors (Lipinski definition) is 3. The first-order chi connectivity index (χ1) is 11.9. The van der Waals surface area contributed by atoms with Gasteiger partial charge in [-0.3, -0.25) is 0 Å². The number of halogens is 1. The zero-order valence-corrected chi connectivity index (χ0v) is 18.4. The Labute approximate surface area is 173 Å². The van der Waals surface area contributed by atoms with Crippen LogP contribution in [0.4, 0.5) is 0 Å². The van der Waals surface area contributed by atoms with Crippen molar-refractivity contribution in [3.63, 3.8) is 0 Å². The molecule has 0 amide bonds. The van der Waals surface area contributed by atoms with E-state index < -0.39 is 0 Å². The van der Waals surface area contributed by atoms with Crippen molar-refractivity contribution >= 4 is 29.9 Å². The minimum atomic E-state index is 0. The standard InChI is InChI=1S/C19H28N6.HI/c1-15-22-23-17(24(15)4)13-21-18(25-11-10-19(2,3)14-25)20-12-16-8-6-5-7-9-16;/h5-9H,10-14H2,1-4H3,(H,20,21);1H. The van der Waals surface area contributed by atoms with Crippen LogP contribution < -0.4 is 5.32 Å². The number of rotatable bonds is 4. The molecule has 2 heterocycles. The van der Waals surface area contributed by atoms with Crippen LogP contribution in [0.5, 0.6) is 0 Å². The summed E-state index contributed by atoms with van der Waals surface area (Å²) in [6.45, 7) is 9.95. The number of guanidine groups is 1. The molecule has 6 nitrogen and oxygen atoms in total. The maximum absolute atomic E-state index is 4.87. The van der Waals surface area contributed by atoms with Crippen LogP contribution in [-0.2, 0) is 20.1 Å². The number of benzene rings is 1. The molecule has 3 rings (SSSR count). The third-order valence-corrected chi connectivity index (χ3v) is 4.82. The number of aryl methyl sites for hydroxylation is 1. The van der Waals surface area contributed by atoms with Crippen LogP contribution in [0.25, 0.3) is 0 Å². The van der Waals surface area contributed by atoms with E-state index in [-0.39, 0.29) is 24.0 Å². The molecule has 0 saturated carbocycles. The molecule has 142 valence electrons. The second-order valence-corrected chi connectivity index (χ2v) is 7.54. The summed E-state index contributed by atoms with van der Waals surface area (Å²) in [6, 6.07) is 10.4. The predicted octanol–water partition coefficient (Wildman–Crippen LogP) is 3.12. The first kappa shape index (κ1) is 20.7. The fourth-order valence-electron chi connectivity index (χ4n) is 3.07. The summed E-state index contributed by atoms with van der Waals surface area (Å²) in [5.41, 5.74) is 1.55. The lowest BCUT2D eigenvalue weighted by molar-refractivity contribution is 0.369. The summed E-state index contributed by atoms with van der Waals surface area (Å²) in [5, 5.41) is 11.9. The van der Waals surface area contributed by atoms with Crippen molar-refractivity contribution in [2.45, 2.75) is 40.3 Å². The molecule has 0 radical (unpaired) electrons. The molecule has 26 heavy (non-hydrogen) atoms. The minimum absolute atomic E-state index is 0. The number of aliphatic imine (C=N–C) groups is 1. The highest BCUT2D eigenvalue weighted by molar-refractivity contribution is 14.0. The van der Waals surface area contributed by atoms with Crippen LogP contribution in [0, 0.1) is 12.3 Å². The minimum Gasteiger partial charge on any atom is -0.349 e. The summed E-state index contributed by atoms with van der Waals surface area (Å²) in [4.78, 5) is 7.22. The van der Waals surface area contributed by atoms with Gasteiger partial charge in [-0.1, -0.05) is 44.2 Å². The summed E-state index contributed by atoms with van der Waals surface area (Å²) < 4.78 is 2.01. The summed E-state index contributed by atoms with van der Waals surface area (Å²) in [7, 11) is 1.99. The average molecular weight is 468 g/mol. The van der Waals surface area contributed by atoms with E-state index in [9.17, 15) is 0 Å². The van der Waals surface area contributed by atoms with Gasteiger partial charge >= 0.3 is 0 Å². The number of aromatic nitrogens is 3. The molecule has 7 heteroatoms. The molecular formula is C19H29IN6. The predicted molar refractivity (Wildman–Crippen MR) is 116 cm³/mol. The summed E-state index contributed by atoms with van der Waals surface area (Å²) in [6.07, 6.45) is 1.18. The Morgan fingerprint density at radius 1 is 1.23 bits per heavy atom. The SMILES string of the molecule is Cc1nnc(CNC(=NCc2ccccc2)N2CCC(C)(C)C2)n1C.I. The Morgan fingerprint density at radius 2 is 1.96 bits per heavy atom. The molecular weight excluding hydrogens is 439 g/mol. The van der Waals surface area contributed by atoms with Gasteiger partial charge in [-0.05, 0) is 24.3 Å². The molecule has 1 aliphatic heterocycles. The molecule has 1 fully saturated rings. The Bertz CT molecular complexity index is 738. The van der Waals surface area contributed by atoms with Gasteiger partial charge in [0.05, 0.1) is 13.1 Å². The van der Waals surface area contributed by atoms with Crippen molar-refractivity contribution in [3.05, 3.63) is 47.5 Å². The normalized spacial score (nSPS) is 16.5. The van der Waals surface area contributed by atoms with Crippen LogP contribution >= 0.6 is 24.0 Å². The third-order valence-electron chi connectivity index (χ3n) is 4.82. The quantitative estimate of drug-likeness (QED) is 0.426. The second kappa shape index (κ2) is 8.83. The maximum atomic E-state index is 4.87. The van der Waals surface area contributed by atoms with E-state index in [2.05, 4.69) is 58.5 Å². The third kappa shape index (κ3) is 5.18. The number of nitrogens with zero attached hydrogens (tertiary/aromatic N) is 5. The highest BCUT2D eigenvalue weighted by Gasteiger charge is 2.31. The van der Waals surface area contributed by atoms with E-state index in [1.807, 2.05) is 24.6 Å². The lowest BCUT2D eigenvalue weighted by Crippen LogP contribution is -2.41. The topological polar surface area (TPSA) is 58.3 Å². The number of likely N-dealkylation sites (tertiary alicyclic amines) is 1. The number of nitrogens with one attached hydrogen (secondary N) is 1. The highest BCUT2D eigenvalue weighted by atomic mass is 127. The van der Waals surface area contributed by atoms with Crippen molar-refractivity contribution < 1.29 is 0 Å². The van der Waals surface area contributed by atoms with Gasteiger partial charge in [0, 0.05) is 20.1 Å². The molecule has 0 spiro atoms. The van der Waals surface area contributed by atoms with Gasteiger partial charge in [0.2, 0.25) is 0 Å². The molecule has 1 aromatic heterocycles. The van der Waals surface area contributed by atoms with E-state index in [1.165, 1.54) is 12.0 Å². The van der Waals surface area contributed by atoms with Crippen molar-refractivity contribution in [2.24, 2.45) is 17.5 Å². The Kier molecular flexibility index (Phi) is 7.02. The molecule has 0 unspecified atom stereocenters. The van der Waals surface area contributed by atoms with Crippen LogP contribution in [0.1, 0.15) is 37.5 Å². The summed E-state index contributed by atoms with van der Waals surface area (Å²) >= 11 is 0. The van der Waals surface area contributed by atoms with Crippen molar-refractivity contribution in [3.8, 4) is 0 Å². The van der Waals surface area contributed by atoms with Gasteiger partial charge in [-0.25, -0.2) is 4.99 Å². The lowest BCUT2D eigenvalue weighted by atomic mass is 9.93. The first-order valence-electron chi connectivity index (χ1n) is 8.87. The Morgan fingerprint density at radius 3 is 2.54 bits per heavy atom. The lowest BCUT2D eigenvalue weighted by Gasteiger charge is -2.24. The molecule has 0 bridgehead atoms. The second-order valence-electron chi connectivity index (χ2n) is 7.54. The molecule has 1 N–H and O–H groups in total. The molecule has 2 aromatic rings. The van der Waals surface area contributed by atoms with E-state index in [0.29, 0.717) is 18.5 Å². The highest BCUT2D eigenvalue weighted by Crippen LogP contribution is 2.28. The van der Waals surface area contributed by atoms with Gasteiger partial charge in [-0.15, -0.1) is 34.2 Å². The van der Waals surface area contributed by atoms with E-state index in [0.717, 1.165) is 30.7 Å². The Hall–Kier alpha value is -1.64. The molecule has 1 saturated heterocycles. The molecule has 1 aromatic carbocycles. The van der Waals surface area contributed by atoms with Gasteiger partial charge in [0.25, 0.3) is 0 Å². The van der Waals surface area contributed by atoms with Crippen LogP contribution in [0.2, 0.25) is 0 Å². The fourth-order valence-corrected chi connectivity index (χ4v) is 3.07. The zero-order valence-electron chi connectivity index (χ0n) is 16.1. The van der Waals surface area contributed by atoms with Crippen LogP contribution in [-0.4, -0.2) is 38.7 Å². The zero-order chi connectivity index (χ0) is 17.9. The van der Waals surface area contributed by atoms with Gasteiger partial charge in [0.15, 0.2) is 11.8 Å². The van der Waals surface area contributed by atoms with Crippen molar-refractivity contribution in [1.29, 1.82) is 0 Å². The van der Waals surface area contributed by atoms with Crippen LogP contribution in [0.15, 0.2) is 35.3 Å². The summed E-state index contributed by atoms with van der Waals surface area (Å²) in [5.74, 6) is 2.79. The molecule has 0 aliphatic carbocycles. The first-order valence-corrected chi connectivity index (χ1v) is 8.87. The fraction of sp³-hybridized carbons (Fsp3) is 0.526. The molecule has 1 aliphatic rings. The Balaban J connectivity index is 0.00000243. The van der Waals surface area contributed by atoms with E-state index >= 15 is 0 Å². The van der Waals surface area contributed by atoms with Crippen molar-refractivity contribution in [2.75, 3.05) is 13.1 Å². The monoisotopic (exact) mass is 468 g/mol. The van der Waals surface area contributed by atoms with Gasteiger partial charge < -0.3 is 14.8 Å². The van der Waals surface area contributed by atoms with Crippen molar-refractivity contribution in [1.82, 2.24) is 25.0 Å².